The third kappa shape index (κ3) is 4.91. The first-order chi connectivity index (χ1) is 12.3. The Morgan fingerprint density at radius 2 is 2.08 bits per heavy atom. The van der Waals surface area contributed by atoms with Crippen molar-refractivity contribution in [3.8, 4) is 0 Å². The van der Waals surface area contributed by atoms with E-state index in [-0.39, 0.29) is 24.0 Å². The van der Waals surface area contributed by atoms with Crippen LogP contribution in [0.15, 0.2) is 0 Å². The van der Waals surface area contributed by atoms with Gasteiger partial charge in [0.15, 0.2) is 0 Å². The molecule has 2 atom stereocenters. The molecule has 0 spiro atoms. The SMILES string of the molecule is CC(C)(C)OC(=O)N1CCCC(C(=O)Nc2nnc(C3CCCO3)s2)C1. The molecule has 2 saturated heterocycles. The van der Waals surface area contributed by atoms with Crippen LogP contribution in [0.4, 0.5) is 9.93 Å². The third-order valence-electron chi connectivity index (χ3n) is 4.32. The van der Waals surface area contributed by atoms with Gasteiger partial charge in [0.2, 0.25) is 11.0 Å². The summed E-state index contributed by atoms with van der Waals surface area (Å²) >= 11 is 1.35. The maximum Gasteiger partial charge on any atom is 0.410 e. The highest BCUT2D eigenvalue weighted by Crippen LogP contribution is 2.32. The van der Waals surface area contributed by atoms with Crippen LogP contribution in [0.1, 0.15) is 57.6 Å². The minimum Gasteiger partial charge on any atom is -0.444 e. The summed E-state index contributed by atoms with van der Waals surface area (Å²) in [6, 6.07) is 0. The van der Waals surface area contributed by atoms with Gasteiger partial charge in [-0.1, -0.05) is 11.3 Å². The summed E-state index contributed by atoms with van der Waals surface area (Å²) in [4.78, 5) is 26.4. The molecule has 2 unspecified atom stereocenters. The molecular formula is C17H26N4O4S. The van der Waals surface area contributed by atoms with Crippen LogP contribution in [0.5, 0.6) is 0 Å². The minimum absolute atomic E-state index is 0.00417. The van der Waals surface area contributed by atoms with Crippen molar-refractivity contribution in [3.05, 3.63) is 5.01 Å². The Hall–Kier alpha value is -1.74. The smallest absolute Gasteiger partial charge is 0.410 e. The molecule has 144 valence electrons. The van der Waals surface area contributed by atoms with E-state index < -0.39 is 5.60 Å². The first kappa shape index (κ1) is 19.0. The van der Waals surface area contributed by atoms with Gasteiger partial charge in [-0.05, 0) is 46.5 Å². The van der Waals surface area contributed by atoms with Crippen molar-refractivity contribution in [2.75, 3.05) is 25.0 Å². The maximum atomic E-state index is 12.6. The van der Waals surface area contributed by atoms with Gasteiger partial charge in [-0.15, -0.1) is 10.2 Å². The number of anilines is 1. The molecule has 1 aromatic heterocycles. The summed E-state index contributed by atoms with van der Waals surface area (Å²) < 4.78 is 11.0. The van der Waals surface area contributed by atoms with Gasteiger partial charge in [-0.2, -0.15) is 0 Å². The van der Waals surface area contributed by atoms with Gasteiger partial charge in [0.25, 0.3) is 0 Å². The second-order valence-electron chi connectivity index (χ2n) is 7.70. The Kier molecular flexibility index (Phi) is 5.76. The molecule has 0 aliphatic carbocycles. The molecule has 9 heteroatoms. The van der Waals surface area contributed by atoms with Crippen LogP contribution >= 0.6 is 11.3 Å². The molecule has 3 heterocycles. The van der Waals surface area contributed by atoms with E-state index in [1.807, 2.05) is 20.8 Å². The molecule has 1 N–H and O–H groups in total. The van der Waals surface area contributed by atoms with Crippen LogP contribution in [-0.2, 0) is 14.3 Å². The number of carbonyl (C=O) groups is 2. The van der Waals surface area contributed by atoms with E-state index >= 15 is 0 Å². The second kappa shape index (κ2) is 7.87. The van der Waals surface area contributed by atoms with Crippen molar-refractivity contribution in [1.29, 1.82) is 0 Å². The minimum atomic E-state index is -0.544. The van der Waals surface area contributed by atoms with E-state index in [9.17, 15) is 9.59 Å². The fraction of sp³-hybridized carbons (Fsp3) is 0.765. The quantitative estimate of drug-likeness (QED) is 0.864. The van der Waals surface area contributed by atoms with E-state index in [1.54, 1.807) is 4.90 Å². The highest BCUT2D eigenvalue weighted by Gasteiger charge is 2.31. The molecule has 3 rings (SSSR count). The van der Waals surface area contributed by atoms with E-state index in [4.69, 9.17) is 9.47 Å². The second-order valence-corrected chi connectivity index (χ2v) is 8.71. The Bertz CT molecular complexity index is 651. The Morgan fingerprint density at radius 1 is 1.27 bits per heavy atom. The van der Waals surface area contributed by atoms with Crippen molar-refractivity contribution in [2.24, 2.45) is 5.92 Å². The number of likely N-dealkylation sites (tertiary alicyclic amines) is 1. The van der Waals surface area contributed by atoms with E-state index in [0.717, 1.165) is 37.3 Å². The summed E-state index contributed by atoms with van der Waals surface area (Å²) in [6.07, 6.45) is 3.10. The summed E-state index contributed by atoms with van der Waals surface area (Å²) in [7, 11) is 0. The monoisotopic (exact) mass is 382 g/mol. The average Bonchev–Trinajstić information content (AvgIpc) is 3.24. The highest BCUT2D eigenvalue weighted by molar-refractivity contribution is 7.15. The lowest BCUT2D eigenvalue weighted by Gasteiger charge is -2.33. The highest BCUT2D eigenvalue weighted by atomic mass is 32.1. The lowest BCUT2D eigenvalue weighted by Crippen LogP contribution is -2.45. The summed E-state index contributed by atoms with van der Waals surface area (Å²) in [5, 5.41) is 12.3. The topological polar surface area (TPSA) is 93.7 Å². The van der Waals surface area contributed by atoms with Crippen LogP contribution in [0.25, 0.3) is 0 Å². The molecule has 26 heavy (non-hydrogen) atoms. The van der Waals surface area contributed by atoms with Crippen LogP contribution in [0.3, 0.4) is 0 Å². The van der Waals surface area contributed by atoms with Crippen LogP contribution in [-0.4, -0.2) is 52.4 Å². The number of piperidine rings is 1. The summed E-state index contributed by atoms with van der Waals surface area (Å²) in [5.74, 6) is -0.403. The zero-order valence-electron chi connectivity index (χ0n) is 15.5. The molecule has 2 fully saturated rings. The molecule has 2 aliphatic rings. The number of rotatable bonds is 3. The van der Waals surface area contributed by atoms with Crippen molar-refractivity contribution >= 4 is 28.5 Å². The van der Waals surface area contributed by atoms with Crippen molar-refractivity contribution in [3.63, 3.8) is 0 Å². The van der Waals surface area contributed by atoms with Crippen LogP contribution in [0.2, 0.25) is 0 Å². The Morgan fingerprint density at radius 3 is 2.77 bits per heavy atom. The number of amides is 2. The number of aromatic nitrogens is 2. The van der Waals surface area contributed by atoms with E-state index in [2.05, 4.69) is 15.5 Å². The largest absolute Gasteiger partial charge is 0.444 e. The van der Waals surface area contributed by atoms with Gasteiger partial charge in [-0.25, -0.2) is 4.79 Å². The number of ether oxygens (including phenoxy) is 2. The van der Waals surface area contributed by atoms with Gasteiger partial charge in [0.05, 0.1) is 5.92 Å². The molecule has 2 aliphatic heterocycles. The molecule has 8 nitrogen and oxygen atoms in total. The van der Waals surface area contributed by atoms with Crippen molar-refractivity contribution < 1.29 is 19.1 Å². The zero-order chi connectivity index (χ0) is 18.7. The first-order valence-corrected chi connectivity index (χ1v) is 9.87. The maximum absolute atomic E-state index is 12.6. The number of hydrogen-bond acceptors (Lipinski definition) is 7. The zero-order valence-corrected chi connectivity index (χ0v) is 16.3. The number of carbonyl (C=O) groups excluding carboxylic acids is 2. The molecule has 0 bridgehead atoms. The molecule has 0 aromatic carbocycles. The van der Waals surface area contributed by atoms with Gasteiger partial charge in [0, 0.05) is 19.7 Å². The predicted octanol–water partition coefficient (Wildman–Crippen LogP) is 2.98. The molecule has 2 amide bonds. The normalized spacial score (nSPS) is 23.7. The van der Waals surface area contributed by atoms with Gasteiger partial charge in [0.1, 0.15) is 16.7 Å². The average molecular weight is 382 g/mol. The molecule has 0 saturated carbocycles. The third-order valence-corrected chi connectivity index (χ3v) is 5.25. The first-order valence-electron chi connectivity index (χ1n) is 9.05. The molecule has 0 radical (unpaired) electrons. The fourth-order valence-electron chi connectivity index (χ4n) is 3.08. The van der Waals surface area contributed by atoms with Crippen LogP contribution < -0.4 is 5.32 Å². The lowest BCUT2D eigenvalue weighted by atomic mass is 9.97. The summed E-state index contributed by atoms with van der Waals surface area (Å²) in [6.45, 7) is 7.22. The fourth-order valence-corrected chi connectivity index (χ4v) is 3.91. The number of nitrogens with zero attached hydrogens (tertiary/aromatic N) is 3. The summed E-state index contributed by atoms with van der Waals surface area (Å²) in [5.41, 5.74) is -0.544. The van der Waals surface area contributed by atoms with Gasteiger partial charge in [-0.3, -0.25) is 4.79 Å². The lowest BCUT2D eigenvalue weighted by molar-refractivity contribution is -0.121. The van der Waals surface area contributed by atoms with Crippen molar-refractivity contribution in [1.82, 2.24) is 15.1 Å². The number of nitrogens with one attached hydrogen (secondary N) is 1. The Labute approximate surface area is 157 Å². The standard InChI is InChI=1S/C17H26N4O4S/c1-17(2,3)25-16(23)21-8-4-6-11(10-21)13(22)18-15-20-19-14(26-15)12-7-5-9-24-12/h11-12H,4-10H2,1-3H3,(H,18,20,22). The van der Waals surface area contributed by atoms with Crippen LogP contribution in [0, 0.1) is 5.92 Å². The number of hydrogen-bond donors (Lipinski definition) is 1. The van der Waals surface area contributed by atoms with Crippen molar-refractivity contribution in [2.45, 2.75) is 58.2 Å². The van der Waals surface area contributed by atoms with E-state index in [1.165, 1.54) is 11.3 Å². The predicted molar refractivity (Wildman–Crippen MR) is 97.0 cm³/mol. The Balaban J connectivity index is 1.55. The molecular weight excluding hydrogens is 356 g/mol. The van der Waals surface area contributed by atoms with E-state index in [0.29, 0.717) is 18.2 Å². The van der Waals surface area contributed by atoms with Gasteiger partial charge < -0.3 is 19.7 Å². The molecule has 1 aromatic rings. The van der Waals surface area contributed by atoms with Gasteiger partial charge >= 0.3 is 6.09 Å².